The molecule has 1 aliphatic rings. The van der Waals surface area contributed by atoms with E-state index in [2.05, 4.69) is 41.7 Å². The Kier molecular flexibility index (Phi) is 5.97. The summed E-state index contributed by atoms with van der Waals surface area (Å²) in [6, 6.07) is 10.6. The van der Waals surface area contributed by atoms with Crippen LogP contribution >= 0.6 is 23.8 Å². The first-order chi connectivity index (χ1) is 12.0. The van der Waals surface area contributed by atoms with Crippen LogP contribution in [0.15, 0.2) is 36.5 Å². The summed E-state index contributed by atoms with van der Waals surface area (Å²) < 4.78 is 1.83. The molecule has 1 fully saturated rings. The second-order valence-electron chi connectivity index (χ2n) is 6.98. The van der Waals surface area contributed by atoms with Crippen molar-refractivity contribution in [3.8, 4) is 0 Å². The van der Waals surface area contributed by atoms with Gasteiger partial charge in [-0.15, -0.1) is 0 Å². The van der Waals surface area contributed by atoms with E-state index in [1.54, 1.807) is 0 Å². The number of nitrogens with zero attached hydrogens (tertiary/aromatic N) is 2. The van der Waals surface area contributed by atoms with Gasteiger partial charge in [-0.25, -0.2) is 0 Å². The molecular weight excluding hydrogens is 352 g/mol. The van der Waals surface area contributed by atoms with E-state index in [1.807, 2.05) is 29.1 Å². The first-order valence-electron chi connectivity index (χ1n) is 8.87. The maximum absolute atomic E-state index is 6.32. The zero-order valence-electron chi connectivity index (χ0n) is 14.7. The van der Waals surface area contributed by atoms with E-state index >= 15 is 0 Å². The monoisotopic (exact) mass is 376 g/mol. The van der Waals surface area contributed by atoms with E-state index in [4.69, 9.17) is 23.8 Å². The SMILES string of the molecule is C[C@H]1[C@@H](NC(=S)Nc2nn(Cc3ccccc3)cc2Cl)CCC[C@@H]1C. The molecule has 0 spiro atoms. The quantitative estimate of drug-likeness (QED) is 0.759. The molecule has 1 aromatic carbocycles. The third-order valence-corrected chi connectivity index (χ3v) is 5.66. The lowest BCUT2D eigenvalue weighted by Gasteiger charge is -2.35. The number of aromatic nitrogens is 2. The van der Waals surface area contributed by atoms with Crippen molar-refractivity contribution in [3.05, 3.63) is 47.1 Å². The summed E-state index contributed by atoms with van der Waals surface area (Å²) in [7, 11) is 0. The van der Waals surface area contributed by atoms with Crippen molar-refractivity contribution in [3.63, 3.8) is 0 Å². The summed E-state index contributed by atoms with van der Waals surface area (Å²) in [6.07, 6.45) is 5.53. The smallest absolute Gasteiger partial charge is 0.173 e. The fourth-order valence-corrected chi connectivity index (χ4v) is 3.88. The molecule has 0 saturated heterocycles. The van der Waals surface area contributed by atoms with Crippen LogP contribution in [0, 0.1) is 11.8 Å². The van der Waals surface area contributed by atoms with Crippen molar-refractivity contribution in [2.45, 2.75) is 45.7 Å². The summed E-state index contributed by atoms with van der Waals surface area (Å²) in [5.74, 6) is 1.94. The Morgan fingerprint density at radius 1 is 1.28 bits per heavy atom. The third kappa shape index (κ3) is 4.73. The number of benzene rings is 1. The van der Waals surface area contributed by atoms with Gasteiger partial charge in [0.2, 0.25) is 0 Å². The number of halogens is 1. The molecule has 0 amide bonds. The van der Waals surface area contributed by atoms with Crippen molar-refractivity contribution in [1.82, 2.24) is 15.1 Å². The predicted molar refractivity (Wildman–Crippen MR) is 108 cm³/mol. The molecule has 1 heterocycles. The van der Waals surface area contributed by atoms with Crippen LogP contribution in [0.25, 0.3) is 0 Å². The molecule has 6 heteroatoms. The van der Waals surface area contributed by atoms with E-state index in [0.29, 0.717) is 34.5 Å². The van der Waals surface area contributed by atoms with Gasteiger partial charge in [0.15, 0.2) is 10.9 Å². The van der Waals surface area contributed by atoms with Gasteiger partial charge >= 0.3 is 0 Å². The zero-order chi connectivity index (χ0) is 17.8. The number of thiocarbonyl (C=S) groups is 1. The van der Waals surface area contributed by atoms with E-state index in [9.17, 15) is 0 Å². The highest BCUT2D eigenvalue weighted by molar-refractivity contribution is 7.80. The van der Waals surface area contributed by atoms with Gasteiger partial charge in [-0.2, -0.15) is 5.10 Å². The Balaban J connectivity index is 1.60. The Labute approximate surface area is 160 Å². The highest BCUT2D eigenvalue weighted by atomic mass is 35.5. The molecule has 1 saturated carbocycles. The van der Waals surface area contributed by atoms with E-state index in [0.717, 1.165) is 12.3 Å². The minimum atomic E-state index is 0.411. The summed E-state index contributed by atoms with van der Waals surface area (Å²) in [5, 5.41) is 12.3. The maximum Gasteiger partial charge on any atom is 0.173 e. The van der Waals surface area contributed by atoms with Crippen LogP contribution in [-0.2, 0) is 6.54 Å². The molecule has 2 N–H and O–H groups in total. The molecule has 4 nitrogen and oxygen atoms in total. The highest BCUT2D eigenvalue weighted by Gasteiger charge is 2.27. The lowest BCUT2D eigenvalue weighted by atomic mass is 9.78. The first-order valence-corrected chi connectivity index (χ1v) is 9.66. The molecule has 3 atom stereocenters. The van der Waals surface area contributed by atoms with Gasteiger partial charge in [0.25, 0.3) is 0 Å². The fourth-order valence-electron chi connectivity index (χ4n) is 3.43. The lowest BCUT2D eigenvalue weighted by Crippen LogP contribution is -2.45. The van der Waals surface area contributed by atoms with Gasteiger partial charge in [-0.3, -0.25) is 4.68 Å². The third-order valence-electron chi connectivity index (χ3n) is 5.16. The number of rotatable bonds is 4. The Morgan fingerprint density at radius 3 is 2.80 bits per heavy atom. The second kappa shape index (κ2) is 8.19. The molecule has 0 unspecified atom stereocenters. The molecule has 0 radical (unpaired) electrons. The van der Waals surface area contributed by atoms with Crippen LogP contribution in [0.4, 0.5) is 5.82 Å². The lowest BCUT2D eigenvalue weighted by molar-refractivity contribution is 0.225. The molecular formula is C19H25ClN4S. The number of hydrogen-bond donors (Lipinski definition) is 2. The molecule has 0 bridgehead atoms. The second-order valence-corrected chi connectivity index (χ2v) is 7.80. The van der Waals surface area contributed by atoms with Gasteiger partial charge in [-0.1, -0.05) is 68.6 Å². The minimum Gasteiger partial charge on any atom is -0.359 e. The normalized spacial score (nSPS) is 23.2. The molecule has 1 aromatic heterocycles. The predicted octanol–water partition coefficient (Wildman–Crippen LogP) is 4.70. The van der Waals surface area contributed by atoms with Gasteiger partial charge < -0.3 is 10.6 Å². The highest BCUT2D eigenvalue weighted by Crippen LogP contribution is 2.29. The molecule has 0 aliphatic heterocycles. The van der Waals surface area contributed by atoms with E-state index in [1.165, 1.54) is 18.4 Å². The standard InChI is InChI=1S/C19H25ClN4S/c1-13-7-6-10-17(14(13)2)21-19(25)22-18-16(20)12-24(23-18)11-15-8-4-3-5-9-15/h3-5,8-9,12-14,17H,6-7,10-11H2,1-2H3,(H2,21,22,23,25)/t13-,14+,17-/m0/s1. The van der Waals surface area contributed by atoms with Crippen LogP contribution in [0.3, 0.4) is 0 Å². The van der Waals surface area contributed by atoms with Crippen LogP contribution in [0.1, 0.15) is 38.7 Å². The van der Waals surface area contributed by atoms with Gasteiger partial charge in [0, 0.05) is 12.2 Å². The van der Waals surface area contributed by atoms with Crippen LogP contribution in [0.2, 0.25) is 5.02 Å². The Morgan fingerprint density at radius 2 is 2.04 bits per heavy atom. The number of anilines is 1. The summed E-state index contributed by atoms with van der Waals surface area (Å²) in [6.45, 7) is 5.29. The van der Waals surface area contributed by atoms with E-state index in [-0.39, 0.29) is 0 Å². The van der Waals surface area contributed by atoms with Crippen molar-refractivity contribution in [1.29, 1.82) is 0 Å². The van der Waals surface area contributed by atoms with E-state index < -0.39 is 0 Å². The van der Waals surface area contributed by atoms with Gasteiger partial charge in [0.1, 0.15) is 5.02 Å². The average molecular weight is 377 g/mol. The van der Waals surface area contributed by atoms with Gasteiger partial charge in [-0.05, 0) is 36.0 Å². The van der Waals surface area contributed by atoms with Crippen LogP contribution in [0.5, 0.6) is 0 Å². The molecule has 25 heavy (non-hydrogen) atoms. The largest absolute Gasteiger partial charge is 0.359 e. The molecule has 1 aliphatic carbocycles. The Hall–Kier alpha value is -1.59. The molecule has 2 aromatic rings. The number of hydrogen-bond acceptors (Lipinski definition) is 2. The van der Waals surface area contributed by atoms with Crippen molar-refractivity contribution in [2.24, 2.45) is 11.8 Å². The van der Waals surface area contributed by atoms with Crippen molar-refractivity contribution < 1.29 is 0 Å². The molecule has 3 rings (SSSR count). The zero-order valence-corrected chi connectivity index (χ0v) is 16.3. The van der Waals surface area contributed by atoms with Crippen molar-refractivity contribution >= 4 is 34.7 Å². The van der Waals surface area contributed by atoms with Crippen molar-refractivity contribution in [2.75, 3.05) is 5.32 Å². The van der Waals surface area contributed by atoms with Crippen LogP contribution < -0.4 is 10.6 Å². The summed E-state index contributed by atoms with van der Waals surface area (Å²) in [4.78, 5) is 0. The Bertz CT molecular complexity index is 715. The first kappa shape index (κ1) is 18.2. The molecule has 134 valence electrons. The van der Waals surface area contributed by atoms with Gasteiger partial charge in [0.05, 0.1) is 6.54 Å². The summed E-state index contributed by atoms with van der Waals surface area (Å²) >= 11 is 11.8. The average Bonchev–Trinajstić information content (AvgIpc) is 2.92. The fraction of sp³-hybridized carbons (Fsp3) is 0.474. The summed E-state index contributed by atoms with van der Waals surface area (Å²) in [5.41, 5.74) is 1.18. The number of nitrogens with one attached hydrogen (secondary N) is 2. The minimum absolute atomic E-state index is 0.411. The topological polar surface area (TPSA) is 41.9 Å². The maximum atomic E-state index is 6.32. The van der Waals surface area contributed by atoms with Crippen LogP contribution in [-0.4, -0.2) is 20.9 Å².